The molecule has 0 aliphatic carbocycles. The molecular weight excluding hydrogens is 284 g/mol. The van der Waals surface area contributed by atoms with Crippen molar-refractivity contribution in [1.82, 2.24) is 4.90 Å². The monoisotopic (exact) mass is 308 g/mol. The molecule has 0 saturated heterocycles. The van der Waals surface area contributed by atoms with Crippen LogP contribution in [-0.2, 0) is 14.3 Å². The number of esters is 1. The van der Waals surface area contributed by atoms with E-state index in [0.29, 0.717) is 11.3 Å². The number of rotatable bonds is 4. The van der Waals surface area contributed by atoms with Crippen molar-refractivity contribution in [3.63, 3.8) is 0 Å². The molecule has 6 nitrogen and oxygen atoms in total. The zero-order valence-electron chi connectivity index (χ0n) is 13.8. The van der Waals surface area contributed by atoms with Crippen LogP contribution in [0.4, 0.5) is 10.5 Å². The van der Waals surface area contributed by atoms with Gasteiger partial charge in [-0.25, -0.2) is 9.59 Å². The number of benzene rings is 1. The first-order valence-electron chi connectivity index (χ1n) is 7.13. The van der Waals surface area contributed by atoms with Crippen molar-refractivity contribution in [1.29, 1.82) is 0 Å². The van der Waals surface area contributed by atoms with Crippen LogP contribution in [0.2, 0.25) is 0 Å². The van der Waals surface area contributed by atoms with Crippen LogP contribution in [0.15, 0.2) is 24.3 Å². The Balaban J connectivity index is 3.07. The third kappa shape index (κ3) is 4.95. The lowest BCUT2D eigenvalue weighted by atomic mass is 10.1. The number of nitrogens with two attached hydrogens (primary N) is 1. The van der Waals surface area contributed by atoms with Gasteiger partial charge in [-0.2, -0.15) is 0 Å². The lowest BCUT2D eigenvalue weighted by Crippen LogP contribution is -2.40. The van der Waals surface area contributed by atoms with Gasteiger partial charge in [0.05, 0.1) is 6.61 Å². The van der Waals surface area contributed by atoms with E-state index in [-0.39, 0.29) is 6.61 Å². The summed E-state index contributed by atoms with van der Waals surface area (Å²) in [5, 5.41) is 0. The number of carbonyl (C=O) groups excluding carboxylic acids is 2. The Morgan fingerprint density at radius 2 is 1.77 bits per heavy atom. The molecule has 1 unspecified atom stereocenters. The number of amides is 1. The molecule has 0 aromatic heterocycles. The molecule has 1 aromatic rings. The van der Waals surface area contributed by atoms with Crippen molar-refractivity contribution in [2.45, 2.75) is 39.3 Å². The molecule has 0 aliphatic rings. The number of ether oxygens (including phenoxy) is 2. The van der Waals surface area contributed by atoms with E-state index in [2.05, 4.69) is 0 Å². The average molecular weight is 308 g/mol. The number of likely N-dealkylation sites (N-methyl/N-ethyl adjacent to an activating group) is 1. The predicted octanol–water partition coefficient (Wildman–Crippen LogP) is 2.74. The maximum atomic E-state index is 12.2. The maximum Gasteiger partial charge on any atom is 0.411 e. The minimum atomic E-state index is -0.879. The Bertz CT molecular complexity index is 520. The van der Waals surface area contributed by atoms with E-state index in [9.17, 15) is 9.59 Å². The summed E-state index contributed by atoms with van der Waals surface area (Å²) in [4.78, 5) is 25.7. The summed E-state index contributed by atoms with van der Waals surface area (Å²) in [5.74, 6) is -0.513. The lowest BCUT2D eigenvalue weighted by Gasteiger charge is -2.29. The Kier molecular flexibility index (Phi) is 5.79. The van der Waals surface area contributed by atoms with Gasteiger partial charge >= 0.3 is 12.1 Å². The SMILES string of the molecule is CCOC(=O)C(c1ccc(N)cc1)N(C)C(=O)OC(C)(C)C. The van der Waals surface area contributed by atoms with Gasteiger partial charge in [0, 0.05) is 12.7 Å². The van der Waals surface area contributed by atoms with Crippen LogP contribution in [0.3, 0.4) is 0 Å². The van der Waals surface area contributed by atoms with Crippen LogP contribution >= 0.6 is 0 Å². The van der Waals surface area contributed by atoms with E-state index in [1.54, 1.807) is 52.0 Å². The van der Waals surface area contributed by atoms with Gasteiger partial charge in [-0.1, -0.05) is 12.1 Å². The molecule has 1 atom stereocenters. The van der Waals surface area contributed by atoms with Gasteiger partial charge in [-0.05, 0) is 45.4 Å². The number of anilines is 1. The second-order valence-electron chi connectivity index (χ2n) is 5.91. The number of nitrogen functional groups attached to an aromatic ring is 1. The van der Waals surface area contributed by atoms with Crippen molar-refractivity contribution >= 4 is 17.7 Å². The fourth-order valence-corrected chi connectivity index (χ4v) is 1.86. The number of carbonyl (C=O) groups is 2. The minimum Gasteiger partial charge on any atom is -0.464 e. The first-order chi connectivity index (χ1) is 10.2. The van der Waals surface area contributed by atoms with Crippen molar-refractivity contribution in [2.75, 3.05) is 19.4 Å². The molecule has 0 heterocycles. The number of nitrogens with zero attached hydrogens (tertiary/aromatic N) is 1. The molecule has 0 saturated carbocycles. The van der Waals surface area contributed by atoms with Gasteiger partial charge in [0.1, 0.15) is 5.60 Å². The van der Waals surface area contributed by atoms with Gasteiger partial charge in [-0.3, -0.25) is 4.90 Å². The highest BCUT2D eigenvalue weighted by atomic mass is 16.6. The standard InChI is InChI=1S/C16H24N2O4/c1-6-21-14(19)13(11-7-9-12(17)10-8-11)18(5)15(20)22-16(2,3)4/h7-10,13H,6,17H2,1-5H3. The van der Waals surface area contributed by atoms with E-state index < -0.39 is 23.7 Å². The molecule has 1 rings (SSSR count). The zero-order chi connectivity index (χ0) is 16.9. The van der Waals surface area contributed by atoms with Gasteiger partial charge < -0.3 is 15.2 Å². The third-order valence-electron chi connectivity index (χ3n) is 2.83. The Hall–Kier alpha value is -2.24. The molecule has 22 heavy (non-hydrogen) atoms. The summed E-state index contributed by atoms with van der Waals surface area (Å²) >= 11 is 0. The summed E-state index contributed by atoms with van der Waals surface area (Å²) in [6, 6.07) is 5.85. The second-order valence-corrected chi connectivity index (χ2v) is 5.91. The van der Waals surface area contributed by atoms with Crippen LogP contribution < -0.4 is 5.73 Å². The lowest BCUT2D eigenvalue weighted by molar-refractivity contribution is -0.149. The first-order valence-corrected chi connectivity index (χ1v) is 7.13. The van der Waals surface area contributed by atoms with Crippen LogP contribution in [0.1, 0.15) is 39.3 Å². The molecule has 0 radical (unpaired) electrons. The summed E-state index contributed by atoms with van der Waals surface area (Å²) in [7, 11) is 1.51. The second kappa shape index (κ2) is 7.15. The molecule has 0 fully saturated rings. The van der Waals surface area contributed by atoms with Gasteiger partial charge in [0.15, 0.2) is 6.04 Å². The van der Waals surface area contributed by atoms with Gasteiger partial charge in [0.2, 0.25) is 0 Å². The van der Waals surface area contributed by atoms with Crippen LogP contribution in [0.25, 0.3) is 0 Å². The summed E-state index contributed by atoms with van der Waals surface area (Å²) in [6.07, 6.45) is -0.595. The van der Waals surface area contributed by atoms with Gasteiger partial charge in [-0.15, -0.1) is 0 Å². The fraction of sp³-hybridized carbons (Fsp3) is 0.500. The molecule has 0 bridgehead atoms. The van der Waals surface area contributed by atoms with Crippen molar-refractivity contribution in [3.05, 3.63) is 29.8 Å². The van der Waals surface area contributed by atoms with Crippen molar-refractivity contribution < 1.29 is 19.1 Å². The molecule has 1 aromatic carbocycles. The molecule has 0 spiro atoms. The highest BCUT2D eigenvalue weighted by Gasteiger charge is 2.32. The molecular formula is C16H24N2O4. The van der Waals surface area contributed by atoms with E-state index in [0.717, 1.165) is 0 Å². The highest BCUT2D eigenvalue weighted by Crippen LogP contribution is 2.24. The quantitative estimate of drug-likeness (QED) is 0.683. The fourth-order valence-electron chi connectivity index (χ4n) is 1.86. The Morgan fingerprint density at radius 3 is 2.23 bits per heavy atom. The zero-order valence-corrected chi connectivity index (χ0v) is 13.8. The average Bonchev–Trinajstić information content (AvgIpc) is 2.39. The molecule has 2 N–H and O–H groups in total. The van der Waals surface area contributed by atoms with E-state index in [1.165, 1.54) is 11.9 Å². The summed E-state index contributed by atoms with van der Waals surface area (Å²) in [6.45, 7) is 7.24. The topological polar surface area (TPSA) is 81.9 Å². The normalized spacial score (nSPS) is 12.4. The molecule has 1 amide bonds. The molecule has 0 aliphatic heterocycles. The number of hydrogen-bond donors (Lipinski definition) is 1. The smallest absolute Gasteiger partial charge is 0.411 e. The van der Waals surface area contributed by atoms with Crippen LogP contribution in [0, 0.1) is 0 Å². The van der Waals surface area contributed by atoms with Crippen LogP contribution in [0.5, 0.6) is 0 Å². The van der Waals surface area contributed by atoms with Crippen molar-refractivity contribution in [2.24, 2.45) is 0 Å². The third-order valence-corrected chi connectivity index (χ3v) is 2.83. The minimum absolute atomic E-state index is 0.229. The first kappa shape index (κ1) is 17.8. The predicted molar refractivity (Wildman–Crippen MR) is 84.2 cm³/mol. The largest absolute Gasteiger partial charge is 0.464 e. The van der Waals surface area contributed by atoms with Crippen molar-refractivity contribution in [3.8, 4) is 0 Å². The Labute approximate surface area is 131 Å². The number of hydrogen-bond acceptors (Lipinski definition) is 5. The highest BCUT2D eigenvalue weighted by molar-refractivity contribution is 5.83. The molecule has 122 valence electrons. The van der Waals surface area contributed by atoms with E-state index >= 15 is 0 Å². The van der Waals surface area contributed by atoms with Gasteiger partial charge in [0.25, 0.3) is 0 Å². The summed E-state index contributed by atoms with van der Waals surface area (Å²) < 4.78 is 10.4. The molecule has 6 heteroatoms. The van der Waals surface area contributed by atoms with E-state index in [1.807, 2.05) is 0 Å². The maximum absolute atomic E-state index is 12.2. The van der Waals surface area contributed by atoms with E-state index in [4.69, 9.17) is 15.2 Å². The Morgan fingerprint density at radius 1 is 1.23 bits per heavy atom. The summed E-state index contributed by atoms with van der Waals surface area (Å²) in [5.41, 5.74) is 6.20. The van der Waals surface area contributed by atoms with Crippen LogP contribution in [-0.4, -0.2) is 36.2 Å².